The van der Waals surface area contributed by atoms with Crippen LogP contribution in [-0.4, -0.2) is 40.3 Å². The van der Waals surface area contributed by atoms with Gasteiger partial charge in [-0.05, 0) is 67.4 Å². The van der Waals surface area contributed by atoms with E-state index in [-0.39, 0.29) is 11.9 Å². The van der Waals surface area contributed by atoms with Crippen LogP contribution in [0.4, 0.5) is 0 Å². The van der Waals surface area contributed by atoms with Crippen LogP contribution in [0, 0.1) is 0 Å². The average Bonchev–Trinajstić information content (AvgIpc) is 3.56. The summed E-state index contributed by atoms with van der Waals surface area (Å²) in [5, 5.41) is 2.97. The van der Waals surface area contributed by atoms with Crippen LogP contribution in [0.5, 0.6) is 0 Å². The topological polar surface area (TPSA) is 107 Å². The van der Waals surface area contributed by atoms with E-state index in [0.717, 1.165) is 39.0 Å². The zero-order valence-corrected chi connectivity index (χ0v) is 24.9. The Morgan fingerprint density at radius 2 is 1.44 bits per heavy atom. The van der Waals surface area contributed by atoms with Crippen LogP contribution in [0.2, 0.25) is 0 Å². The maximum Gasteiger partial charge on any atom is 0.237 e. The number of nitrogens with one attached hydrogen (secondary N) is 1. The fraction of sp³-hybridized carbons (Fsp3) is 0.276. The molecule has 5 N–H and O–H groups in total. The van der Waals surface area contributed by atoms with Gasteiger partial charge in [0.2, 0.25) is 5.91 Å². The summed E-state index contributed by atoms with van der Waals surface area (Å²) in [6, 6.07) is 26.1. The molecule has 0 saturated carbocycles. The van der Waals surface area contributed by atoms with Crippen LogP contribution in [0.15, 0.2) is 87.5 Å². The summed E-state index contributed by atoms with van der Waals surface area (Å²) in [5.41, 5.74) is 14.6. The average molecular weight is 596 g/mol. The van der Waals surface area contributed by atoms with E-state index in [1.165, 1.54) is 15.0 Å². The van der Waals surface area contributed by atoms with Crippen LogP contribution in [-0.2, 0) is 11.2 Å². The first-order valence-electron chi connectivity index (χ1n) is 12.9. The molecule has 0 fully saturated rings. The normalized spacial score (nSPS) is 12.6. The highest BCUT2D eigenvalue weighted by Crippen LogP contribution is 2.37. The van der Waals surface area contributed by atoms with Gasteiger partial charge in [-0.15, -0.1) is 22.7 Å². The molecule has 2 atom stereocenters. The highest BCUT2D eigenvalue weighted by molar-refractivity contribution is 8.02. The van der Waals surface area contributed by atoms with E-state index < -0.39 is 6.04 Å². The van der Waals surface area contributed by atoms with Crippen molar-refractivity contribution in [3.63, 3.8) is 0 Å². The molecular weight excluding hydrogens is 563 g/mol. The summed E-state index contributed by atoms with van der Waals surface area (Å²) in [7, 11) is 0. The summed E-state index contributed by atoms with van der Waals surface area (Å²) in [5.74, 6) is 0.493. The van der Waals surface area contributed by atoms with Crippen molar-refractivity contribution in [3.8, 4) is 0 Å². The fourth-order valence-corrected chi connectivity index (χ4v) is 7.43. The van der Waals surface area contributed by atoms with Crippen LogP contribution in [0.1, 0.15) is 24.8 Å². The minimum Gasteiger partial charge on any atom is -0.351 e. The lowest BCUT2D eigenvalue weighted by atomic mass is 10.1. The molecule has 0 bridgehead atoms. The number of unbranched alkanes of at least 4 members (excludes halogenated alkanes) is 1. The summed E-state index contributed by atoms with van der Waals surface area (Å²) in [6.45, 7) is 0.640. The number of nitrogens with zero attached hydrogens (tertiary/aromatic N) is 2. The van der Waals surface area contributed by atoms with Gasteiger partial charge in [0.05, 0.1) is 26.5 Å². The number of rotatable bonds is 11. The van der Waals surface area contributed by atoms with Crippen molar-refractivity contribution < 1.29 is 4.79 Å². The minimum absolute atomic E-state index is 0.00814. The van der Waals surface area contributed by atoms with E-state index in [9.17, 15) is 4.79 Å². The molecule has 0 radical (unpaired) electrons. The molecule has 0 saturated heterocycles. The number of amides is 1. The quantitative estimate of drug-likeness (QED) is 0.108. The molecule has 39 heavy (non-hydrogen) atoms. The zero-order chi connectivity index (χ0) is 27.5. The first-order valence-corrected chi connectivity index (χ1v) is 15.9. The lowest BCUT2D eigenvalue weighted by Gasteiger charge is -2.19. The van der Waals surface area contributed by atoms with Gasteiger partial charge < -0.3 is 16.8 Å². The Kier molecular flexibility index (Phi) is 11.6. The predicted octanol–water partition coefficient (Wildman–Crippen LogP) is 6.16. The largest absolute Gasteiger partial charge is 0.351 e. The third-order valence-corrected chi connectivity index (χ3v) is 9.56. The van der Waals surface area contributed by atoms with Crippen molar-refractivity contribution in [2.75, 3.05) is 12.3 Å². The summed E-state index contributed by atoms with van der Waals surface area (Å²) in [4.78, 5) is 21.2. The van der Waals surface area contributed by atoms with Gasteiger partial charge in [0, 0.05) is 11.8 Å². The van der Waals surface area contributed by atoms with Gasteiger partial charge in [-0.25, -0.2) is 9.97 Å². The fourth-order valence-electron chi connectivity index (χ4n) is 3.87. The maximum atomic E-state index is 12.0. The molecule has 5 aromatic rings. The minimum atomic E-state index is -0.459. The van der Waals surface area contributed by atoms with Gasteiger partial charge >= 0.3 is 0 Å². The molecule has 0 aliphatic rings. The first-order chi connectivity index (χ1) is 19.1. The van der Waals surface area contributed by atoms with Gasteiger partial charge in [-0.2, -0.15) is 12.6 Å². The number of thiol groups is 1. The number of thiazole rings is 2. The van der Waals surface area contributed by atoms with Gasteiger partial charge in [0.25, 0.3) is 0 Å². The molecule has 3 aromatic carbocycles. The van der Waals surface area contributed by atoms with Crippen LogP contribution < -0.4 is 16.8 Å². The number of aromatic nitrogens is 2. The van der Waals surface area contributed by atoms with Crippen molar-refractivity contribution in [2.45, 2.75) is 46.4 Å². The van der Waals surface area contributed by atoms with E-state index in [1.807, 2.05) is 66.7 Å². The number of benzene rings is 3. The molecule has 2 aromatic heterocycles. The molecule has 2 heterocycles. The second kappa shape index (κ2) is 15.4. The highest BCUT2D eigenvalue weighted by atomic mass is 32.2. The van der Waals surface area contributed by atoms with Crippen molar-refractivity contribution in [2.24, 2.45) is 11.5 Å². The third-order valence-electron chi connectivity index (χ3n) is 5.92. The molecule has 0 aliphatic heterocycles. The predicted molar refractivity (Wildman–Crippen MR) is 170 cm³/mol. The lowest BCUT2D eigenvalue weighted by Crippen LogP contribution is -2.46. The molecule has 10 heteroatoms. The molecule has 204 valence electrons. The molecule has 0 spiro atoms. The van der Waals surface area contributed by atoms with Crippen molar-refractivity contribution >= 4 is 73.4 Å². The first kappa shape index (κ1) is 29.5. The Balaban J connectivity index is 0.000000181. The van der Waals surface area contributed by atoms with Crippen molar-refractivity contribution in [1.29, 1.82) is 0 Å². The summed E-state index contributed by atoms with van der Waals surface area (Å²) >= 11 is 9.40. The second-order valence-electron chi connectivity index (χ2n) is 8.97. The number of carbonyl (C=O) groups is 1. The van der Waals surface area contributed by atoms with E-state index in [2.05, 4.69) is 40.0 Å². The van der Waals surface area contributed by atoms with Gasteiger partial charge in [0.15, 0.2) is 8.68 Å². The number of carbonyl (C=O) groups excluding carboxylic acids is 1. The van der Waals surface area contributed by atoms with E-state index >= 15 is 0 Å². The number of hydrogen-bond acceptors (Lipinski definition) is 9. The Morgan fingerprint density at radius 1 is 0.872 bits per heavy atom. The van der Waals surface area contributed by atoms with Gasteiger partial charge in [-0.1, -0.05) is 61.0 Å². The van der Waals surface area contributed by atoms with Crippen LogP contribution >= 0.6 is 47.1 Å². The number of hydrogen-bond donors (Lipinski definition) is 4. The number of nitrogens with two attached hydrogens (primary N) is 2. The number of para-hydroxylation sites is 2. The standard InChI is InChI=1S/C15H25N3OS.C14H8N2S3/c16-9-5-4-8-14(17)15(19)18-13(11-20)10-12-6-2-1-3-7-12;1-3-7-11-9(5-1)15-13(17-11)19-14-16-10-6-2-4-8-12(10)18-14/h1-3,6-7,13-14,20H,4-5,8-11,16-17H2,(H,18,19);1-8H/t13-,14-;/m1./s1. The highest BCUT2D eigenvalue weighted by Gasteiger charge is 2.17. The zero-order valence-electron chi connectivity index (χ0n) is 21.5. The van der Waals surface area contributed by atoms with E-state index in [1.54, 1.807) is 34.4 Å². The van der Waals surface area contributed by atoms with Crippen molar-refractivity contribution in [3.05, 3.63) is 84.4 Å². The Labute approximate surface area is 247 Å². The summed E-state index contributed by atoms with van der Waals surface area (Å²) in [6.07, 6.45) is 3.23. The second-order valence-corrected chi connectivity index (χ2v) is 12.9. The van der Waals surface area contributed by atoms with Crippen LogP contribution in [0.3, 0.4) is 0 Å². The SMILES string of the molecule is NCCCC[C@@H](N)C(=O)N[C@@H](CS)Cc1ccccc1.c1ccc2sc(Sc3nc4ccccc4s3)nc2c1. The van der Waals surface area contributed by atoms with E-state index in [4.69, 9.17) is 11.5 Å². The summed E-state index contributed by atoms with van der Waals surface area (Å²) < 4.78 is 4.57. The van der Waals surface area contributed by atoms with Gasteiger partial charge in [0.1, 0.15) is 0 Å². The smallest absolute Gasteiger partial charge is 0.237 e. The van der Waals surface area contributed by atoms with Crippen LogP contribution in [0.25, 0.3) is 20.4 Å². The van der Waals surface area contributed by atoms with Crippen molar-refractivity contribution in [1.82, 2.24) is 15.3 Å². The lowest BCUT2D eigenvalue weighted by molar-refractivity contribution is -0.123. The number of fused-ring (bicyclic) bond motifs is 2. The molecule has 0 aliphatic carbocycles. The Hall–Kier alpha value is -2.47. The molecular formula is C29H33N5OS4. The van der Waals surface area contributed by atoms with E-state index in [0.29, 0.717) is 18.7 Å². The third kappa shape index (κ3) is 9.02. The molecule has 6 nitrogen and oxygen atoms in total. The Morgan fingerprint density at radius 3 is 1.97 bits per heavy atom. The monoisotopic (exact) mass is 595 g/mol. The molecule has 1 amide bonds. The maximum absolute atomic E-state index is 12.0. The molecule has 0 unspecified atom stereocenters. The molecule has 5 rings (SSSR count). The van der Waals surface area contributed by atoms with Gasteiger partial charge in [-0.3, -0.25) is 4.79 Å². The Bertz CT molecular complexity index is 1320.